The van der Waals surface area contributed by atoms with Crippen molar-refractivity contribution in [2.75, 3.05) is 5.75 Å². The average molecular weight is 407 g/mol. The van der Waals surface area contributed by atoms with Gasteiger partial charge < -0.3 is 15.0 Å². The van der Waals surface area contributed by atoms with Gasteiger partial charge >= 0.3 is 5.97 Å². The highest BCUT2D eigenvalue weighted by Gasteiger charge is 2.54. The lowest BCUT2D eigenvalue weighted by Crippen LogP contribution is -2.61. The van der Waals surface area contributed by atoms with Crippen LogP contribution in [0.5, 0.6) is 0 Å². The van der Waals surface area contributed by atoms with Crippen LogP contribution in [0, 0.1) is 17.8 Å². The van der Waals surface area contributed by atoms with Crippen molar-refractivity contribution in [1.29, 1.82) is 0 Å². The molecule has 0 unspecified atom stereocenters. The lowest BCUT2D eigenvalue weighted by molar-refractivity contribution is -0.162. The van der Waals surface area contributed by atoms with Crippen LogP contribution in [0.2, 0.25) is 0 Å². The van der Waals surface area contributed by atoms with Gasteiger partial charge in [-0.25, -0.2) is 4.79 Å². The van der Waals surface area contributed by atoms with Crippen molar-refractivity contribution in [3.8, 4) is 0 Å². The number of nitrogens with one attached hydrogen (secondary N) is 1. The summed E-state index contributed by atoms with van der Waals surface area (Å²) in [6.07, 6.45) is 7.61. The van der Waals surface area contributed by atoms with Gasteiger partial charge in [0.25, 0.3) is 5.91 Å². The van der Waals surface area contributed by atoms with Gasteiger partial charge in [-0.3, -0.25) is 9.59 Å². The molecule has 0 aromatic carbocycles. The van der Waals surface area contributed by atoms with Gasteiger partial charge in [0, 0.05) is 17.7 Å². The van der Waals surface area contributed by atoms with Gasteiger partial charge in [-0.2, -0.15) is 0 Å². The molecule has 4 aliphatic carbocycles. The van der Waals surface area contributed by atoms with E-state index in [0.29, 0.717) is 12.2 Å². The Kier molecular flexibility index (Phi) is 4.27. The average Bonchev–Trinajstić information content (AvgIpc) is 3.09. The minimum Gasteiger partial charge on any atom is -0.451 e. The zero-order valence-electron chi connectivity index (χ0n) is 16.7. The molecule has 0 aromatic rings. The Hall–Kier alpha value is -1.24. The predicted molar refractivity (Wildman–Crippen MR) is 105 cm³/mol. The highest BCUT2D eigenvalue weighted by Crippen LogP contribution is 2.55. The first-order chi connectivity index (χ1) is 13.3. The quantitative estimate of drug-likeness (QED) is 0.726. The van der Waals surface area contributed by atoms with E-state index in [4.69, 9.17) is 4.74 Å². The van der Waals surface area contributed by atoms with Crippen molar-refractivity contribution in [3.63, 3.8) is 0 Å². The molecule has 3 atom stereocenters. The number of amides is 2. The molecule has 2 amide bonds. The lowest BCUT2D eigenvalue weighted by atomic mass is 9.53. The molecule has 0 radical (unpaired) electrons. The molecule has 154 valence electrons. The molecule has 6 rings (SSSR count). The van der Waals surface area contributed by atoms with Gasteiger partial charge in [0.05, 0.1) is 4.87 Å². The highest BCUT2D eigenvalue weighted by atomic mass is 32.2. The van der Waals surface area contributed by atoms with Crippen molar-refractivity contribution in [1.82, 2.24) is 10.2 Å². The Bertz CT molecular complexity index is 690. The number of ether oxygens (including phenoxy) is 1. The number of carbonyl (C=O) groups excluding carboxylic acids is 3. The summed E-state index contributed by atoms with van der Waals surface area (Å²) in [7, 11) is 0. The maximum Gasteiger partial charge on any atom is 0.330 e. The number of hydrogen-bond donors (Lipinski definition) is 1. The maximum atomic E-state index is 12.9. The monoisotopic (exact) mass is 406 g/mol. The fourth-order valence-electron chi connectivity index (χ4n) is 6.93. The fraction of sp³-hybridized carbons (Fsp3) is 0.857. The molecule has 0 aromatic heterocycles. The minimum absolute atomic E-state index is 0.0140. The molecule has 6 aliphatic rings. The summed E-state index contributed by atoms with van der Waals surface area (Å²) >= 11 is 1.64. The summed E-state index contributed by atoms with van der Waals surface area (Å²) in [5, 5.41) is 3.28. The number of fused-ring (bicyclic) bond motifs is 1. The third-order valence-electron chi connectivity index (χ3n) is 7.81. The molecule has 4 saturated carbocycles. The maximum absolute atomic E-state index is 12.9. The van der Waals surface area contributed by atoms with Crippen LogP contribution in [-0.2, 0) is 19.1 Å². The second kappa shape index (κ2) is 6.38. The van der Waals surface area contributed by atoms with E-state index in [2.05, 4.69) is 5.32 Å². The van der Waals surface area contributed by atoms with Gasteiger partial charge in [-0.15, -0.1) is 11.8 Å². The number of thioether (sulfide) groups is 1. The van der Waals surface area contributed by atoms with E-state index in [0.717, 1.165) is 43.4 Å². The first-order valence-electron chi connectivity index (χ1n) is 10.8. The second-order valence-electron chi connectivity index (χ2n) is 10.0. The Balaban J connectivity index is 1.21. The third kappa shape index (κ3) is 2.96. The number of esters is 1. The first-order valence-corrected chi connectivity index (χ1v) is 11.7. The first kappa shape index (κ1) is 18.8. The van der Waals surface area contributed by atoms with Gasteiger partial charge in [-0.05, 0) is 76.5 Å². The van der Waals surface area contributed by atoms with Crippen LogP contribution in [0.1, 0.15) is 65.2 Å². The summed E-state index contributed by atoms with van der Waals surface area (Å²) in [5.41, 5.74) is -0.0841. The van der Waals surface area contributed by atoms with Crippen LogP contribution in [0.3, 0.4) is 0 Å². The van der Waals surface area contributed by atoms with E-state index in [-0.39, 0.29) is 22.2 Å². The van der Waals surface area contributed by atoms with Crippen molar-refractivity contribution < 1.29 is 19.1 Å². The Morgan fingerprint density at radius 1 is 1.18 bits per heavy atom. The van der Waals surface area contributed by atoms with Crippen LogP contribution in [0.25, 0.3) is 0 Å². The molecule has 28 heavy (non-hydrogen) atoms. The molecule has 7 heteroatoms. The predicted octanol–water partition coefficient (Wildman–Crippen LogP) is 2.46. The van der Waals surface area contributed by atoms with Crippen LogP contribution in [-0.4, -0.2) is 51.0 Å². The van der Waals surface area contributed by atoms with Crippen molar-refractivity contribution in [2.24, 2.45) is 17.8 Å². The Labute approximate surface area is 170 Å². The van der Waals surface area contributed by atoms with E-state index < -0.39 is 18.1 Å². The summed E-state index contributed by atoms with van der Waals surface area (Å²) in [6.45, 7) is 3.67. The highest BCUT2D eigenvalue weighted by molar-refractivity contribution is 8.01. The topological polar surface area (TPSA) is 75.7 Å². The van der Waals surface area contributed by atoms with E-state index >= 15 is 0 Å². The number of rotatable bonds is 4. The number of carbonyl (C=O) groups is 3. The van der Waals surface area contributed by atoms with Gasteiger partial charge in [0.2, 0.25) is 5.91 Å². The summed E-state index contributed by atoms with van der Waals surface area (Å²) in [4.78, 5) is 39.2. The number of hydrogen-bond acceptors (Lipinski definition) is 5. The molecular weight excluding hydrogens is 376 g/mol. The summed E-state index contributed by atoms with van der Waals surface area (Å²) in [5.74, 6) is 2.18. The van der Waals surface area contributed by atoms with E-state index in [1.165, 1.54) is 19.3 Å². The van der Waals surface area contributed by atoms with Crippen LogP contribution in [0.15, 0.2) is 0 Å². The van der Waals surface area contributed by atoms with E-state index in [9.17, 15) is 14.4 Å². The van der Waals surface area contributed by atoms with Crippen molar-refractivity contribution in [3.05, 3.63) is 0 Å². The molecule has 4 bridgehead atoms. The van der Waals surface area contributed by atoms with Gasteiger partial charge in [-0.1, -0.05) is 0 Å². The Morgan fingerprint density at radius 3 is 2.39 bits per heavy atom. The lowest BCUT2D eigenvalue weighted by Gasteiger charge is -2.57. The van der Waals surface area contributed by atoms with Gasteiger partial charge in [0.15, 0.2) is 6.10 Å². The molecule has 0 spiro atoms. The zero-order chi connectivity index (χ0) is 19.7. The zero-order valence-corrected chi connectivity index (χ0v) is 17.6. The van der Waals surface area contributed by atoms with E-state index in [1.54, 1.807) is 23.6 Å². The van der Waals surface area contributed by atoms with Crippen LogP contribution in [0.4, 0.5) is 0 Å². The SMILES string of the molecule is C[C@H](OC(=O)[C@@H]1CS[C@@]2(C)CCC(=O)N12)C(=O)NC12CC3CC(CC(C3)C1)C2. The fourth-order valence-corrected chi connectivity index (χ4v) is 8.34. The normalized spacial score (nSPS) is 44.5. The Morgan fingerprint density at radius 2 is 1.79 bits per heavy atom. The third-order valence-corrected chi connectivity index (χ3v) is 9.31. The van der Waals surface area contributed by atoms with Crippen LogP contribution < -0.4 is 5.32 Å². The minimum atomic E-state index is -0.824. The van der Waals surface area contributed by atoms with E-state index in [1.807, 2.05) is 6.92 Å². The van der Waals surface area contributed by atoms with Crippen molar-refractivity contribution in [2.45, 2.75) is 87.8 Å². The van der Waals surface area contributed by atoms with Crippen molar-refractivity contribution >= 4 is 29.5 Å². The second-order valence-corrected chi connectivity index (χ2v) is 11.5. The molecule has 1 N–H and O–H groups in total. The number of nitrogens with zero attached hydrogens (tertiary/aromatic N) is 1. The molecule has 6 nitrogen and oxygen atoms in total. The largest absolute Gasteiger partial charge is 0.451 e. The summed E-state index contributed by atoms with van der Waals surface area (Å²) < 4.78 is 5.55. The summed E-state index contributed by atoms with van der Waals surface area (Å²) in [6, 6.07) is -0.570. The molecule has 2 saturated heterocycles. The molecule has 2 heterocycles. The molecule has 6 fully saturated rings. The molecule has 2 aliphatic heterocycles. The van der Waals surface area contributed by atoms with Gasteiger partial charge in [0.1, 0.15) is 6.04 Å². The van der Waals surface area contributed by atoms with Crippen LogP contribution >= 0.6 is 11.8 Å². The smallest absolute Gasteiger partial charge is 0.330 e. The molecular formula is C21H30N2O4S. The standard InChI is InChI=1S/C21H30N2O4S/c1-12(27-19(26)16-11-28-20(2)4-3-17(24)23(16)20)18(25)22-21-8-13-5-14(9-21)7-15(6-13)10-21/h12-16H,3-11H2,1-2H3,(H,22,25)/t12-,13?,14?,15?,16-,20-,21?/m0/s1.